The third kappa shape index (κ3) is 2.36. The Morgan fingerprint density at radius 3 is 2.62 bits per heavy atom. The van der Waals surface area contributed by atoms with Crippen molar-refractivity contribution in [2.24, 2.45) is 0 Å². The second kappa shape index (κ2) is 5.03. The zero-order valence-corrected chi connectivity index (χ0v) is 9.82. The van der Waals surface area contributed by atoms with E-state index in [4.69, 9.17) is 5.26 Å². The van der Waals surface area contributed by atoms with Crippen molar-refractivity contribution in [2.75, 3.05) is 11.4 Å². The summed E-state index contributed by atoms with van der Waals surface area (Å²) < 4.78 is 0. The first-order chi connectivity index (χ1) is 7.81. The lowest BCUT2D eigenvalue weighted by atomic mass is 10.1. The second-order valence-electron chi connectivity index (χ2n) is 4.55. The van der Waals surface area contributed by atoms with Gasteiger partial charge in [0.15, 0.2) is 0 Å². The van der Waals surface area contributed by atoms with Gasteiger partial charge < -0.3 is 4.90 Å². The molecule has 0 aliphatic carbocycles. The molecule has 1 aliphatic heterocycles. The van der Waals surface area contributed by atoms with E-state index < -0.39 is 0 Å². The van der Waals surface area contributed by atoms with Gasteiger partial charge in [0.25, 0.3) is 0 Å². The van der Waals surface area contributed by atoms with Crippen LogP contribution in [0.25, 0.3) is 0 Å². The molecule has 2 nitrogen and oxygen atoms in total. The Hall–Kier alpha value is -1.49. The number of rotatable bonds is 1. The highest BCUT2D eigenvalue weighted by molar-refractivity contribution is 5.50. The van der Waals surface area contributed by atoms with Gasteiger partial charge in [0.1, 0.15) is 0 Å². The fourth-order valence-corrected chi connectivity index (χ4v) is 2.39. The molecular formula is C14H18N2. The number of benzene rings is 1. The molecule has 1 saturated heterocycles. The van der Waals surface area contributed by atoms with Crippen molar-refractivity contribution in [1.29, 1.82) is 5.26 Å². The predicted molar refractivity (Wildman–Crippen MR) is 66.4 cm³/mol. The molecule has 1 atom stereocenters. The number of nitrogens with zero attached hydrogens (tertiary/aromatic N) is 2. The molecule has 0 bridgehead atoms. The Kier molecular flexibility index (Phi) is 3.46. The van der Waals surface area contributed by atoms with E-state index in [0.717, 1.165) is 12.1 Å². The van der Waals surface area contributed by atoms with E-state index in [-0.39, 0.29) is 0 Å². The van der Waals surface area contributed by atoms with Crippen molar-refractivity contribution < 1.29 is 0 Å². The lowest BCUT2D eigenvalue weighted by Crippen LogP contribution is -2.32. The van der Waals surface area contributed by atoms with Gasteiger partial charge >= 0.3 is 0 Å². The SMILES string of the molecule is CC1CCCCCN1c1ccc(C#N)cc1. The van der Waals surface area contributed by atoms with Crippen LogP contribution in [0.4, 0.5) is 5.69 Å². The standard InChI is InChI=1S/C14H18N2/c1-12-5-3-2-4-10-16(12)14-8-6-13(11-15)7-9-14/h6-9,12H,2-5,10H2,1H3. The molecule has 0 radical (unpaired) electrons. The minimum Gasteiger partial charge on any atom is -0.369 e. The molecule has 1 fully saturated rings. The monoisotopic (exact) mass is 214 g/mol. The summed E-state index contributed by atoms with van der Waals surface area (Å²) in [7, 11) is 0. The maximum absolute atomic E-state index is 8.77. The highest BCUT2D eigenvalue weighted by Gasteiger charge is 2.16. The first-order valence-corrected chi connectivity index (χ1v) is 6.08. The maximum Gasteiger partial charge on any atom is 0.0991 e. The molecule has 0 amide bonds. The third-order valence-electron chi connectivity index (χ3n) is 3.38. The van der Waals surface area contributed by atoms with Crippen LogP contribution < -0.4 is 4.90 Å². The molecule has 84 valence electrons. The summed E-state index contributed by atoms with van der Waals surface area (Å²) >= 11 is 0. The topological polar surface area (TPSA) is 27.0 Å². The quantitative estimate of drug-likeness (QED) is 0.717. The molecule has 0 N–H and O–H groups in total. The summed E-state index contributed by atoms with van der Waals surface area (Å²) in [5, 5.41) is 8.77. The molecule has 1 aliphatic rings. The van der Waals surface area contributed by atoms with E-state index in [2.05, 4.69) is 30.0 Å². The van der Waals surface area contributed by atoms with Gasteiger partial charge in [-0.05, 0) is 44.0 Å². The smallest absolute Gasteiger partial charge is 0.0991 e. The van der Waals surface area contributed by atoms with Crippen LogP contribution in [0.3, 0.4) is 0 Å². The van der Waals surface area contributed by atoms with Crippen LogP contribution in [0.5, 0.6) is 0 Å². The van der Waals surface area contributed by atoms with Crippen molar-refractivity contribution in [3.8, 4) is 6.07 Å². The van der Waals surface area contributed by atoms with Gasteiger partial charge in [0.05, 0.1) is 11.6 Å². The van der Waals surface area contributed by atoms with E-state index in [1.807, 2.05) is 12.1 Å². The summed E-state index contributed by atoms with van der Waals surface area (Å²) in [4.78, 5) is 2.47. The van der Waals surface area contributed by atoms with Crippen LogP contribution in [0.15, 0.2) is 24.3 Å². The molecule has 2 heteroatoms. The van der Waals surface area contributed by atoms with Gasteiger partial charge in [-0.3, -0.25) is 0 Å². The zero-order chi connectivity index (χ0) is 11.4. The zero-order valence-electron chi connectivity index (χ0n) is 9.82. The van der Waals surface area contributed by atoms with Crippen molar-refractivity contribution in [3.63, 3.8) is 0 Å². The Labute approximate surface area is 97.5 Å². The summed E-state index contributed by atoms with van der Waals surface area (Å²) in [5.74, 6) is 0. The highest BCUT2D eigenvalue weighted by Crippen LogP contribution is 2.24. The predicted octanol–water partition coefficient (Wildman–Crippen LogP) is 3.33. The normalized spacial score (nSPS) is 21.2. The summed E-state index contributed by atoms with van der Waals surface area (Å²) in [6.07, 6.45) is 5.25. The fourth-order valence-electron chi connectivity index (χ4n) is 2.39. The largest absolute Gasteiger partial charge is 0.369 e. The molecule has 1 aromatic carbocycles. The van der Waals surface area contributed by atoms with Gasteiger partial charge in [-0.25, -0.2) is 0 Å². The Bertz CT molecular complexity index is 375. The first kappa shape index (κ1) is 11.0. The lowest BCUT2D eigenvalue weighted by molar-refractivity contribution is 0.616. The van der Waals surface area contributed by atoms with Gasteiger partial charge in [0, 0.05) is 18.3 Å². The summed E-state index contributed by atoms with van der Waals surface area (Å²) in [6, 6.07) is 10.7. The molecular weight excluding hydrogens is 196 g/mol. The summed E-state index contributed by atoms with van der Waals surface area (Å²) in [5.41, 5.74) is 2.00. The number of hydrogen-bond donors (Lipinski definition) is 0. The minimum absolute atomic E-state index is 0.621. The number of nitriles is 1. The Balaban J connectivity index is 2.18. The maximum atomic E-state index is 8.77. The van der Waals surface area contributed by atoms with Crippen molar-refractivity contribution in [2.45, 2.75) is 38.6 Å². The second-order valence-corrected chi connectivity index (χ2v) is 4.55. The van der Waals surface area contributed by atoms with E-state index in [9.17, 15) is 0 Å². The Morgan fingerprint density at radius 2 is 1.94 bits per heavy atom. The van der Waals surface area contributed by atoms with Crippen molar-refractivity contribution >= 4 is 5.69 Å². The van der Waals surface area contributed by atoms with Crippen LogP contribution in [0.2, 0.25) is 0 Å². The molecule has 0 aromatic heterocycles. The molecule has 16 heavy (non-hydrogen) atoms. The van der Waals surface area contributed by atoms with Crippen LogP contribution in [-0.4, -0.2) is 12.6 Å². The third-order valence-corrected chi connectivity index (χ3v) is 3.38. The van der Waals surface area contributed by atoms with Gasteiger partial charge in [-0.2, -0.15) is 5.26 Å². The number of hydrogen-bond acceptors (Lipinski definition) is 2. The van der Waals surface area contributed by atoms with E-state index in [1.165, 1.54) is 31.4 Å². The average Bonchev–Trinajstić information content (AvgIpc) is 2.54. The Morgan fingerprint density at radius 1 is 1.19 bits per heavy atom. The van der Waals surface area contributed by atoms with Gasteiger partial charge in [-0.15, -0.1) is 0 Å². The van der Waals surface area contributed by atoms with Crippen LogP contribution in [-0.2, 0) is 0 Å². The molecule has 1 aromatic rings. The van der Waals surface area contributed by atoms with E-state index >= 15 is 0 Å². The highest BCUT2D eigenvalue weighted by atomic mass is 15.2. The lowest BCUT2D eigenvalue weighted by Gasteiger charge is -2.29. The molecule has 1 unspecified atom stereocenters. The average molecular weight is 214 g/mol. The fraction of sp³-hybridized carbons (Fsp3) is 0.500. The van der Waals surface area contributed by atoms with Crippen LogP contribution >= 0.6 is 0 Å². The van der Waals surface area contributed by atoms with Crippen molar-refractivity contribution in [3.05, 3.63) is 29.8 Å². The van der Waals surface area contributed by atoms with Crippen LogP contribution in [0.1, 0.15) is 38.2 Å². The molecule has 2 rings (SSSR count). The van der Waals surface area contributed by atoms with Crippen LogP contribution in [0, 0.1) is 11.3 Å². The van der Waals surface area contributed by atoms with Gasteiger partial charge in [-0.1, -0.05) is 12.8 Å². The molecule has 0 spiro atoms. The minimum atomic E-state index is 0.621. The first-order valence-electron chi connectivity index (χ1n) is 6.08. The van der Waals surface area contributed by atoms with E-state index in [0.29, 0.717) is 6.04 Å². The summed E-state index contributed by atoms with van der Waals surface area (Å²) in [6.45, 7) is 3.44. The molecule has 1 heterocycles. The van der Waals surface area contributed by atoms with Gasteiger partial charge in [0.2, 0.25) is 0 Å². The molecule has 0 saturated carbocycles. The number of anilines is 1. The van der Waals surface area contributed by atoms with Crippen molar-refractivity contribution in [1.82, 2.24) is 0 Å². The van der Waals surface area contributed by atoms with E-state index in [1.54, 1.807) is 0 Å².